The predicted molar refractivity (Wildman–Crippen MR) is 75.2 cm³/mol. The van der Waals surface area contributed by atoms with Crippen LogP contribution >= 0.6 is 0 Å². The molecule has 20 heavy (non-hydrogen) atoms. The summed E-state index contributed by atoms with van der Waals surface area (Å²) in [6.45, 7) is 9.15. The molecule has 1 aliphatic rings. The van der Waals surface area contributed by atoms with E-state index in [1.807, 2.05) is 19.9 Å². The SMILES string of the molecule is Cc1ccc2c(c1C)C(=O)O/C2=C/C(=O)OC(C)(C)C. The van der Waals surface area contributed by atoms with Crippen molar-refractivity contribution in [3.05, 3.63) is 40.5 Å². The van der Waals surface area contributed by atoms with Gasteiger partial charge in [0.1, 0.15) is 11.4 Å². The van der Waals surface area contributed by atoms with Gasteiger partial charge in [-0.1, -0.05) is 12.1 Å². The number of esters is 2. The molecule has 0 aromatic heterocycles. The number of benzene rings is 1. The van der Waals surface area contributed by atoms with E-state index in [1.165, 1.54) is 6.08 Å². The monoisotopic (exact) mass is 274 g/mol. The van der Waals surface area contributed by atoms with Crippen molar-refractivity contribution in [2.24, 2.45) is 0 Å². The molecular weight excluding hydrogens is 256 g/mol. The Morgan fingerprint density at radius 1 is 1.25 bits per heavy atom. The van der Waals surface area contributed by atoms with Crippen molar-refractivity contribution >= 4 is 17.7 Å². The number of carbonyl (C=O) groups is 2. The molecule has 1 aromatic carbocycles. The van der Waals surface area contributed by atoms with Crippen LogP contribution in [0.1, 0.15) is 47.8 Å². The molecule has 1 aromatic rings. The molecule has 106 valence electrons. The molecule has 4 heteroatoms. The number of aryl methyl sites for hydroxylation is 1. The van der Waals surface area contributed by atoms with E-state index in [9.17, 15) is 9.59 Å². The van der Waals surface area contributed by atoms with E-state index in [0.29, 0.717) is 11.1 Å². The summed E-state index contributed by atoms with van der Waals surface area (Å²) in [5, 5.41) is 0. The minimum Gasteiger partial charge on any atom is -0.457 e. The van der Waals surface area contributed by atoms with Gasteiger partial charge in [0.2, 0.25) is 0 Å². The predicted octanol–water partition coefficient (Wildman–Crippen LogP) is 3.16. The number of cyclic esters (lactones) is 1. The summed E-state index contributed by atoms with van der Waals surface area (Å²) in [6, 6.07) is 3.69. The van der Waals surface area contributed by atoms with E-state index in [4.69, 9.17) is 9.47 Å². The van der Waals surface area contributed by atoms with Crippen LogP contribution in [-0.4, -0.2) is 17.5 Å². The summed E-state index contributed by atoms with van der Waals surface area (Å²) >= 11 is 0. The average molecular weight is 274 g/mol. The summed E-state index contributed by atoms with van der Waals surface area (Å²) in [4.78, 5) is 23.7. The summed E-state index contributed by atoms with van der Waals surface area (Å²) in [5.74, 6) is -0.690. The van der Waals surface area contributed by atoms with E-state index in [1.54, 1.807) is 26.8 Å². The Balaban J connectivity index is 2.38. The van der Waals surface area contributed by atoms with Crippen molar-refractivity contribution in [2.75, 3.05) is 0 Å². The molecule has 0 spiro atoms. The Morgan fingerprint density at radius 2 is 1.90 bits per heavy atom. The van der Waals surface area contributed by atoms with E-state index >= 15 is 0 Å². The van der Waals surface area contributed by atoms with Gasteiger partial charge in [0.05, 0.1) is 11.6 Å². The summed E-state index contributed by atoms with van der Waals surface area (Å²) in [5.41, 5.74) is 2.48. The van der Waals surface area contributed by atoms with Crippen molar-refractivity contribution in [1.82, 2.24) is 0 Å². The third-order valence-electron chi connectivity index (χ3n) is 3.06. The van der Waals surface area contributed by atoms with Gasteiger partial charge in [-0.25, -0.2) is 9.59 Å². The number of fused-ring (bicyclic) bond motifs is 1. The first kappa shape index (κ1) is 14.3. The molecule has 0 unspecified atom stereocenters. The summed E-state index contributed by atoms with van der Waals surface area (Å²) in [7, 11) is 0. The summed E-state index contributed by atoms with van der Waals surface area (Å²) in [6.07, 6.45) is 1.23. The van der Waals surface area contributed by atoms with E-state index in [0.717, 1.165) is 11.1 Å². The molecule has 0 bridgehead atoms. The van der Waals surface area contributed by atoms with Crippen molar-refractivity contribution in [1.29, 1.82) is 0 Å². The lowest BCUT2D eigenvalue weighted by molar-refractivity contribution is -0.148. The van der Waals surface area contributed by atoms with Crippen molar-refractivity contribution in [2.45, 2.75) is 40.2 Å². The largest absolute Gasteiger partial charge is 0.457 e. The van der Waals surface area contributed by atoms with Crippen molar-refractivity contribution < 1.29 is 19.1 Å². The van der Waals surface area contributed by atoms with Crippen molar-refractivity contribution in [3.63, 3.8) is 0 Å². The van der Waals surface area contributed by atoms with Crippen LogP contribution in [0, 0.1) is 13.8 Å². The van der Waals surface area contributed by atoms with Crippen LogP contribution in [0.15, 0.2) is 18.2 Å². The van der Waals surface area contributed by atoms with Crippen LogP contribution < -0.4 is 0 Å². The minimum atomic E-state index is -0.581. The van der Waals surface area contributed by atoms with Crippen LogP contribution in [0.4, 0.5) is 0 Å². The zero-order valence-corrected chi connectivity index (χ0v) is 12.4. The van der Waals surface area contributed by atoms with Crippen LogP contribution in [0.5, 0.6) is 0 Å². The fourth-order valence-electron chi connectivity index (χ4n) is 2.04. The molecule has 0 saturated carbocycles. The quantitative estimate of drug-likeness (QED) is 0.583. The van der Waals surface area contributed by atoms with Gasteiger partial charge in [0, 0.05) is 5.56 Å². The van der Waals surface area contributed by atoms with Crippen LogP contribution in [0.3, 0.4) is 0 Å². The van der Waals surface area contributed by atoms with Gasteiger partial charge in [0.25, 0.3) is 0 Å². The van der Waals surface area contributed by atoms with E-state index < -0.39 is 17.5 Å². The molecule has 4 nitrogen and oxygen atoms in total. The zero-order valence-electron chi connectivity index (χ0n) is 12.4. The van der Waals surface area contributed by atoms with Gasteiger partial charge in [-0.15, -0.1) is 0 Å². The van der Waals surface area contributed by atoms with E-state index in [-0.39, 0.29) is 5.76 Å². The van der Waals surface area contributed by atoms with E-state index in [2.05, 4.69) is 0 Å². The molecule has 0 amide bonds. The third-order valence-corrected chi connectivity index (χ3v) is 3.06. The lowest BCUT2D eigenvalue weighted by atomic mass is 9.98. The topological polar surface area (TPSA) is 52.6 Å². The smallest absolute Gasteiger partial charge is 0.344 e. The fourth-order valence-corrected chi connectivity index (χ4v) is 2.04. The zero-order chi connectivity index (χ0) is 15.1. The van der Waals surface area contributed by atoms with Gasteiger partial charge in [-0.2, -0.15) is 0 Å². The molecule has 2 rings (SSSR count). The van der Waals surface area contributed by atoms with Crippen LogP contribution in [-0.2, 0) is 14.3 Å². The standard InChI is InChI=1S/C16H18O4/c1-9-6-7-11-12(8-13(17)20-16(3,4)5)19-15(18)14(11)10(9)2/h6-8H,1-5H3/b12-8+. The van der Waals surface area contributed by atoms with Gasteiger partial charge >= 0.3 is 11.9 Å². The Hall–Kier alpha value is -2.10. The maximum Gasteiger partial charge on any atom is 0.344 e. The van der Waals surface area contributed by atoms with Gasteiger partial charge in [-0.05, 0) is 45.7 Å². The molecule has 0 radical (unpaired) electrons. The minimum absolute atomic E-state index is 0.252. The van der Waals surface area contributed by atoms with Crippen LogP contribution in [0.25, 0.3) is 5.76 Å². The fraction of sp³-hybridized carbons (Fsp3) is 0.375. The maximum absolute atomic E-state index is 11.9. The number of ether oxygens (including phenoxy) is 2. The number of carbonyl (C=O) groups excluding carboxylic acids is 2. The van der Waals surface area contributed by atoms with Gasteiger partial charge < -0.3 is 9.47 Å². The molecule has 0 N–H and O–H groups in total. The third kappa shape index (κ3) is 2.74. The number of hydrogen-bond donors (Lipinski definition) is 0. The van der Waals surface area contributed by atoms with Crippen LogP contribution in [0.2, 0.25) is 0 Å². The molecule has 0 fully saturated rings. The second kappa shape index (κ2) is 4.78. The first-order chi connectivity index (χ1) is 9.19. The Kier molecular flexibility index (Phi) is 3.42. The molecule has 1 heterocycles. The van der Waals surface area contributed by atoms with Gasteiger partial charge in [-0.3, -0.25) is 0 Å². The Labute approximate surface area is 118 Å². The molecule has 0 atom stereocenters. The highest BCUT2D eigenvalue weighted by Gasteiger charge is 2.30. The second-order valence-electron chi connectivity index (χ2n) is 5.86. The molecule has 0 aliphatic carbocycles. The van der Waals surface area contributed by atoms with Gasteiger partial charge in [0.15, 0.2) is 0 Å². The highest BCUT2D eigenvalue weighted by molar-refractivity contribution is 6.07. The van der Waals surface area contributed by atoms with Crippen molar-refractivity contribution in [3.8, 4) is 0 Å². The summed E-state index contributed by atoms with van der Waals surface area (Å²) < 4.78 is 10.4. The first-order valence-electron chi connectivity index (χ1n) is 6.46. The lowest BCUT2D eigenvalue weighted by Crippen LogP contribution is -2.22. The Morgan fingerprint density at radius 3 is 2.50 bits per heavy atom. The number of hydrogen-bond acceptors (Lipinski definition) is 4. The first-order valence-corrected chi connectivity index (χ1v) is 6.46. The highest BCUT2D eigenvalue weighted by atomic mass is 16.6. The normalized spacial score (nSPS) is 16.1. The molecule has 0 saturated heterocycles. The number of rotatable bonds is 1. The molecule has 1 aliphatic heterocycles. The average Bonchev–Trinajstić information content (AvgIpc) is 2.58. The lowest BCUT2D eigenvalue weighted by Gasteiger charge is -2.18. The maximum atomic E-state index is 11.9. The second-order valence-corrected chi connectivity index (χ2v) is 5.86. The Bertz CT molecular complexity index is 618. The highest BCUT2D eigenvalue weighted by Crippen LogP contribution is 2.33. The molecular formula is C16H18O4.